The maximum Gasteiger partial charge on any atom is 0.269 e. The fourth-order valence-electron chi connectivity index (χ4n) is 3.20. The molecule has 4 nitrogen and oxygen atoms in total. The number of piperidine rings is 1. The van der Waals surface area contributed by atoms with Crippen molar-refractivity contribution in [1.82, 2.24) is 15.2 Å². The van der Waals surface area contributed by atoms with E-state index in [1.807, 2.05) is 30.3 Å². The average Bonchev–Trinajstić information content (AvgIpc) is 2.54. The molecule has 0 spiro atoms. The van der Waals surface area contributed by atoms with E-state index in [9.17, 15) is 4.79 Å². The third kappa shape index (κ3) is 3.63. The van der Waals surface area contributed by atoms with Gasteiger partial charge < -0.3 is 10.2 Å². The van der Waals surface area contributed by atoms with Crippen LogP contribution in [0.25, 0.3) is 10.8 Å². The molecule has 3 rings (SSSR count). The molecule has 4 heteroatoms. The Bertz CT molecular complexity index is 656. The van der Waals surface area contributed by atoms with Crippen LogP contribution in [0.5, 0.6) is 0 Å². The first-order valence-corrected chi connectivity index (χ1v) is 8.04. The number of nitrogens with zero attached hydrogens (tertiary/aromatic N) is 2. The SMILES string of the molecule is CN1CCCC(CCNC(=O)c2cc3ccccc3cn2)C1. The summed E-state index contributed by atoms with van der Waals surface area (Å²) in [6, 6.07) is 9.82. The minimum Gasteiger partial charge on any atom is -0.351 e. The molecule has 116 valence electrons. The Hall–Kier alpha value is -1.94. The Kier molecular flexibility index (Phi) is 4.68. The molecule has 1 fully saturated rings. The Morgan fingerprint density at radius 1 is 1.36 bits per heavy atom. The number of hydrogen-bond acceptors (Lipinski definition) is 3. The molecule has 1 aromatic heterocycles. The predicted octanol–water partition coefficient (Wildman–Crippen LogP) is 2.70. The van der Waals surface area contributed by atoms with Crippen molar-refractivity contribution in [2.24, 2.45) is 5.92 Å². The van der Waals surface area contributed by atoms with Gasteiger partial charge in [-0.15, -0.1) is 0 Å². The van der Waals surface area contributed by atoms with Crippen LogP contribution in [0, 0.1) is 5.92 Å². The highest BCUT2D eigenvalue weighted by Gasteiger charge is 2.17. The molecular formula is C18H23N3O. The number of amides is 1. The van der Waals surface area contributed by atoms with Crippen LogP contribution in [0.2, 0.25) is 0 Å². The number of pyridine rings is 1. The third-order valence-corrected chi connectivity index (χ3v) is 4.42. The van der Waals surface area contributed by atoms with Crippen molar-refractivity contribution in [3.05, 3.63) is 42.2 Å². The zero-order valence-corrected chi connectivity index (χ0v) is 13.1. The number of nitrogens with one attached hydrogen (secondary N) is 1. The second-order valence-electron chi connectivity index (χ2n) is 6.23. The van der Waals surface area contributed by atoms with Gasteiger partial charge in [-0.1, -0.05) is 24.3 Å². The summed E-state index contributed by atoms with van der Waals surface area (Å²) in [4.78, 5) is 18.9. The number of aromatic nitrogens is 1. The van der Waals surface area contributed by atoms with E-state index in [2.05, 4.69) is 22.2 Å². The number of hydrogen-bond donors (Lipinski definition) is 1. The standard InChI is InChI=1S/C18H23N3O/c1-21-10-4-5-14(13-21)8-9-19-18(22)17-11-15-6-2-3-7-16(15)12-20-17/h2-3,6-7,11-12,14H,4-5,8-10,13H2,1H3,(H,19,22). The van der Waals surface area contributed by atoms with E-state index >= 15 is 0 Å². The lowest BCUT2D eigenvalue weighted by molar-refractivity contribution is 0.0943. The van der Waals surface area contributed by atoms with Crippen molar-refractivity contribution in [1.29, 1.82) is 0 Å². The molecule has 0 radical (unpaired) electrons. The summed E-state index contributed by atoms with van der Waals surface area (Å²) in [6.07, 6.45) is 5.35. The summed E-state index contributed by atoms with van der Waals surface area (Å²) in [5, 5.41) is 5.12. The van der Waals surface area contributed by atoms with Crippen LogP contribution in [-0.4, -0.2) is 42.5 Å². The van der Waals surface area contributed by atoms with Crippen LogP contribution in [0.4, 0.5) is 0 Å². The molecule has 0 saturated carbocycles. The van der Waals surface area contributed by atoms with Crippen molar-refractivity contribution in [2.45, 2.75) is 19.3 Å². The number of carbonyl (C=O) groups is 1. The number of benzene rings is 1. The van der Waals surface area contributed by atoms with Crippen LogP contribution >= 0.6 is 0 Å². The second-order valence-corrected chi connectivity index (χ2v) is 6.23. The minimum absolute atomic E-state index is 0.0742. The van der Waals surface area contributed by atoms with E-state index in [0.29, 0.717) is 11.6 Å². The van der Waals surface area contributed by atoms with Gasteiger partial charge in [-0.3, -0.25) is 9.78 Å². The fourth-order valence-corrected chi connectivity index (χ4v) is 3.20. The van der Waals surface area contributed by atoms with Gasteiger partial charge in [0.25, 0.3) is 5.91 Å². The Morgan fingerprint density at radius 2 is 2.18 bits per heavy atom. The van der Waals surface area contributed by atoms with Gasteiger partial charge in [-0.05, 0) is 50.2 Å². The van der Waals surface area contributed by atoms with Gasteiger partial charge in [0, 0.05) is 24.7 Å². The number of rotatable bonds is 4. The highest BCUT2D eigenvalue weighted by molar-refractivity contribution is 5.96. The first-order valence-electron chi connectivity index (χ1n) is 8.04. The summed E-state index contributed by atoms with van der Waals surface area (Å²) in [7, 11) is 2.17. The van der Waals surface area contributed by atoms with Crippen molar-refractivity contribution < 1.29 is 4.79 Å². The molecular weight excluding hydrogens is 274 g/mol. The van der Waals surface area contributed by atoms with Crippen LogP contribution in [0.1, 0.15) is 29.8 Å². The van der Waals surface area contributed by atoms with Gasteiger partial charge in [0.1, 0.15) is 5.69 Å². The Morgan fingerprint density at radius 3 is 3.00 bits per heavy atom. The third-order valence-electron chi connectivity index (χ3n) is 4.42. The van der Waals surface area contributed by atoms with Crippen LogP contribution < -0.4 is 5.32 Å². The molecule has 1 saturated heterocycles. The number of carbonyl (C=O) groups excluding carboxylic acids is 1. The molecule has 1 N–H and O–H groups in total. The average molecular weight is 297 g/mol. The van der Waals surface area contributed by atoms with Crippen LogP contribution in [-0.2, 0) is 0 Å². The zero-order chi connectivity index (χ0) is 15.4. The lowest BCUT2D eigenvalue weighted by atomic mass is 9.95. The highest BCUT2D eigenvalue weighted by atomic mass is 16.1. The lowest BCUT2D eigenvalue weighted by Gasteiger charge is -2.29. The van der Waals surface area contributed by atoms with E-state index in [1.54, 1.807) is 6.20 Å². The summed E-state index contributed by atoms with van der Waals surface area (Å²) in [5.41, 5.74) is 0.500. The van der Waals surface area contributed by atoms with Gasteiger partial charge in [0.05, 0.1) is 0 Å². The molecule has 22 heavy (non-hydrogen) atoms. The maximum absolute atomic E-state index is 12.2. The number of likely N-dealkylation sites (tertiary alicyclic amines) is 1. The van der Waals surface area contributed by atoms with E-state index < -0.39 is 0 Å². The first-order chi connectivity index (χ1) is 10.7. The maximum atomic E-state index is 12.2. The smallest absolute Gasteiger partial charge is 0.269 e. The van der Waals surface area contributed by atoms with E-state index in [4.69, 9.17) is 0 Å². The largest absolute Gasteiger partial charge is 0.351 e. The lowest BCUT2D eigenvalue weighted by Crippen LogP contribution is -2.34. The molecule has 1 aliphatic heterocycles. The molecule has 2 heterocycles. The van der Waals surface area contributed by atoms with Crippen LogP contribution in [0.3, 0.4) is 0 Å². The monoisotopic (exact) mass is 297 g/mol. The topological polar surface area (TPSA) is 45.2 Å². The summed E-state index contributed by atoms with van der Waals surface area (Å²) in [6.45, 7) is 3.07. The normalized spacial score (nSPS) is 19.2. The zero-order valence-electron chi connectivity index (χ0n) is 13.1. The second kappa shape index (κ2) is 6.88. The molecule has 0 aliphatic carbocycles. The van der Waals surface area contributed by atoms with Gasteiger partial charge in [0.15, 0.2) is 0 Å². The first kappa shape index (κ1) is 15.0. The summed E-state index contributed by atoms with van der Waals surface area (Å²) in [5.74, 6) is 0.624. The van der Waals surface area contributed by atoms with Gasteiger partial charge >= 0.3 is 0 Å². The molecule has 0 bridgehead atoms. The minimum atomic E-state index is -0.0742. The molecule has 1 atom stereocenters. The van der Waals surface area contributed by atoms with Crippen molar-refractivity contribution >= 4 is 16.7 Å². The van der Waals surface area contributed by atoms with E-state index in [0.717, 1.165) is 30.3 Å². The van der Waals surface area contributed by atoms with Crippen molar-refractivity contribution in [3.63, 3.8) is 0 Å². The quantitative estimate of drug-likeness (QED) is 0.943. The molecule has 1 aliphatic rings. The fraction of sp³-hybridized carbons (Fsp3) is 0.444. The van der Waals surface area contributed by atoms with E-state index in [1.165, 1.54) is 19.4 Å². The van der Waals surface area contributed by atoms with E-state index in [-0.39, 0.29) is 5.91 Å². The Balaban J connectivity index is 1.54. The number of fused-ring (bicyclic) bond motifs is 1. The molecule has 1 aromatic carbocycles. The molecule has 1 amide bonds. The predicted molar refractivity (Wildman–Crippen MR) is 88.9 cm³/mol. The molecule has 1 unspecified atom stereocenters. The van der Waals surface area contributed by atoms with Crippen LogP contribution in [0.15, 0.2) is 36.5 Å². The van der Waals surface area contributed by atoms with Gasteiger partial charge in [-0.25, -0.2) is 0 Å². The van der Waals surface area contributed by atoms with Crippen molar-refractivity contribution in [2.75, 3.05) is 26.7 Å². The summed E-state index contributed by atoms with van der Waals surface area (Å²) < 4.78 is 0. The Labute approximate surface area is 131 Å². The highest BCUT2D eigenvalue weighted by Crippen LogP contribution is 2.18. The van der Waals surface area contributed by atoms with Gasteiger partial charge in [-0.2, -0.15) is 0 Å². The molecule has 2 aromatic rings. The summed E-state index contributed by atoms with van der Waals surface area (Å²) >= 11 is 0. The van der Waals surface area contributed by atoms with Crippen molar-refractivity contribution in [3.8, 4) is 0 Å². The van der Waals surface area contributed by atoms with Gasteiger partial charge in [0.2, 0.25) is 0 Å².